The van der Waals surface area contributed by atoms with E-state index in [0.29, 0.717) is 0 Å². The fourth-order valence-corrected chi connectivity index (χ4v) is 1.25. The first-order valence-electron chi connectivity index (χ1n) is 4.34. The summed E-state index contributed by atoms with van der Waals surface area (Å²) in [4.78, 5) is 39.2. The van der Waals surface area contributed by atoms with Crippen LogP contribution in [0.5, 0.6) is 0 Å². The maximum absolute atomic E-state index is 11.6. The zero-order valence-corrected chi connectivity index (χ0v) is 8.79. The zero-order valence-electron chi connectivity index (χ0n) is 8.79. The van der Waals surface area contributed by atoms with Crippen LogP contribution in [0.3, 0.4) is 0 Å². The zero-order chi connectivity index (χ0) is 11.6. The number of hydroxylamine groups is 1. The number of amides is 4. The van der Waals surface area contributed by atoms with Crippen molar-refractivity contribution < 1.29 is 19.2 Å². The van der Waals surface area contributed by atoms with Crippen molar-refractivity contribution in [2.45, 2.75) is 19.4 Å². The third-order valence-corrected chi connectivity index (χ3v) is 1.96. The molecule has 0 aromatic rings. The number of nitrogens with zero attached hydrogens (tertiary/aromatic N) is 1. The predicted octanol–water partition coefficient (Wildman–Crippen LogP) is -1.01. The van der Waals surface area contributed by atoms with Crippen molar-refractivity contribution in [1.82, 2.24) is 15.7 Å². The summed E-state index contributed by atoms with van der Waals surface area (Å²) in [5.41, 5.74) is 1.07. The highest BCUT2D eigenvalue weighted by Crippen LogP contribution is 2.15. The molecule has 0 radical (unpaired) electrons. The van der Waals surface area contributed by atoms with Gasteiger partial charge in [0.2, 0.25) is 0 Å². The lowest BCUT2D eigenvalue weighted by Gasteiger charge is -2.15. The summed E-state index contributed by atoms with van der Waals surface area (Å²) in [6.45, 7) is 2.80. The molecule has 7 heteroatoms. The molecule has 1 saturated heterocycles. The van der Waals surface area contributed by atoms with Gasteiger partial charge in [-0.3, -0.25) is 19.3 Å². The van der Waals surface area contributed by atoms with E-state index in [1.165, 1.54) is 7.11 Å². The number of imide groups is 1. The topological polar surface area (TPSA) is 87.7 Å². The van der Waals surface area contributed by atoms with E-state index in [2.05, 4.69) is 10.2 Å². The highest BCUT2D eigenvalue weighted by atomic mass is 16.6. The molecule has 1 fully saturated rings. The molecule has 0 atom stereocenters. The van der Waals surface area contributed by atoms with Gasteiger partial charge in [0.25, 0.3) is 11.8 Å². The second kappa shape index (κ2) is 3.85. The summed E-state index contributed by atoms with van der Waals surface area (Å²) >= 11 is 0. The Balaban J connectivity index is 2.67. The number of rotatable bonds is 3. The molecule has 7 nitrogen and oxygen atoms in total. The fourth-order valence-electron chi connectivity index (χ4n) is 1.25. The van der Waals surface area contributed by atoms with E-state index in [-0.39, 0.29) is 6.54 Å². The van der Waals surface area contributed by atoms with Gasteiger partial charge in [0, 0.05) is 0 Å². The van der Waals surface area contributed by atoms with Gasteiger partial charge in [-0.1, -0.05) is 0 Å². The largest absolute Gasteiger partial charge is 0.325 e. The standard InChI is InChI=1S/C8H13N3O4/c1-8(2)6(13)11(7(14)9-8)4-5(12)10-15-3/h4H2,1-3H3,(H,9,14)(H,10,12). The van der Waals surface area contributed by atoms with E-state index >= 15 is 0 Å². The van der Waals surface area contributed by atoms with Crippen LogP contribution in [0.25, 0.3) is 0 Å². The predicted molar refractivity (Wildman–Crippen MR) is 49.5 cm³/mol. The molecule has 1 heterocycles. The quantitative estimate of drug-likeness (QED) is 0.466. The van der Waals surface area contributed by atoms with Crippen molar-refractivity contribution >= 4 is 17.8 Å². The van der Waals surface area contributed by atoms with Crippen LogP contribution in [0, 0.1) is 0 Å². The molecule has 4 amide bonds. The first-order valence-corrected chi connectivity index (χ1v) is 4.34. The molecular weight excluding hydrogens is 202 g/mol. The lowest BCUT2D eigenvalue weighted by molar-refractivity contribution is -0.138. The third kappa shape index (κ3) is 2.24. The van der Waals surface area contributed by atoms with Crippen molar-refractivity contribution in [3.8, 4) is 0 Å². The fraction of sp³-hybridized carbons (Fsp3) is 0.625. The smallest absolute Gasteiger partial charge is 0.324 e. The molecule has 0 aromatic heterocycles. The minimum atomic E-state index is -0.954. The van der Waals surface area contributed by atoms with E-state index in [9.17, 15) is 14.4 Å². The summed E-state index contributed by atoms with van der Waals surface area (Å²) < 4.78 is 0. The molecule has 2 N–H and O–H groups in total. The summed E-state index contributed by atoms with van der Waals surface area (Å²) in [6.07, 6.45) is 0. The van der Waals surface area contributed by atoms with Gasteiger partial charge in [-0.2, -0.15) is 0 Å². The number of urea groups is 1. The van der Waals surface area contributed by atoms with Gasteiger partial charge < -0.3 is 5.32 Å². The van der Waals surface area contributed by atoms with Gasteiger partial charge in [-0.05, 0) is 13.8 Å². The molecule has 0 spiro atoms. The molecule has 0 bridgehead atoms. The maximum Gasteiger partial charge on any atom is 0.325 e. The van der Waals surface area contributed by atoms with Crippen LogP contribution in [0.1, 0.15) is 13.8 Å². The van der Waals surface area contributed by atoms with Gasteiger partial charge in [-0.25, -0.2) is 10.3 Å². The molecule has 0 saturated carbocycles. The van der Waals surface area contributed by atoms with E-state index in [0.717, 1.165) is 4.90 Å². The molecular formula is C8H13N3O4. The van der Waals surface area contributed by atoms with Crippen LogP contribution < -0.4 is 10.8 Å². The minimum absolute atomic E-state index is 0.345. The first kappa shape index (κ1) is 11.4. The van der Waals surface area contributed by atoms with E-state index in [1.807, 2.05) is 5.48 Å². The Morgan fingerprint density at radius 2 is 2.13 bits per heavy atom. The van der Waals surface area contributed by atoms with Gasteiger partial charge in [0.05, 0.1) is 7.11 Å². The van der Waals surface area contributed by atoms with Crippen molar-refractivity contribution in [3.05, 3.63) is 0 Å². The van der Waals surface area contributed by atoms with Crippen molar-refractivity contribution in [2.24, 2.45) is 0 Å². The molecule has 1 aliphatic heterocycles. The number of carbonyl (C=O) groups excluding carboxylic acids is 3. The monoisotopic (exact) mass is 215 g/mol. The molecule has 1 rings (SSSR count). The Labute approximate surface area is 86.7 Å². The van der Waals surface area contributed by atoms with Crippen molar-refractivity contribution in [3.63, 3.8) is 0 Å². The van der Waals surface area contributed by atoms with Crippen LogP contribution in [0.15, 0.2) is 0 Å². The number of hydrogen-bond donors (Lipinski definition) is 2. The lowest BCUT2D eigenvalue weighted by atomic mass is 10.1. The molecule has 0 aromatic carbocycles. The van der Waals surface area contributed by atoms with Gasteiger partial charge in [0.15, 0.2) is 0 Å². The van der Waals surface area contributed by atoms with Crippen LogP contribution in [-0.2, 0) is 14.4 Å². The van der Waals surface area contributed by atoms with Crippen LogP contribution in [0.4, 0.5) is 4.79 Å². The maximum atomic E-state index is 11.6. The Morgan fingerprint density at radius 3 is 2.53 bits per heavy atom. The normalized spacial score (nSPS) is 19.0. The third-order valence-electron chi connectivity index (χ3n) is 1.96. The van der Waals surface area contributed by atoms with Crippen LogP contribution >= 0.6 is 0 Å². The van der Waals surface area contributed by atoms with Gasteiger partial charge >= 0.3 is 6.03 Å². The van der Waals surface area contributed by atoms with E-state index < -0.39 is 23.4 Å². The number of nitrogens with one attached hydrogen (secondary N) is 2. The van der Waals surface area contributed by atoms with Crippen LogP contribution in [-0.4, -0.2) is 41.9 Å². The van der Waals surface area contributed by atoms with Crippen LogP contribution in [0.2, 0.25) is 0 Å². The van der Waals surface area contributed by atoms with Gasteiger partial charge in [0.1, 0.15) is 12.1 Å². The second-order valence-corrected chi connectivity index (χ2v) is 3.68. The SMILES string of the molecule is CONC(=O)CN1C(=O)NC(C)(C)C1=O. The summed E-state index contributed by atoms with van der Waals surface area (Å²) in [7, 11) is 1.27. The van der Waals surface area contributed by atoms with E-state index in [1.54, 1.807) is 13.8 Å². The molecule has 0 unspecified atom stereocenters. The van der Waals surface area contributed by atoms with Crippen molar-refractivity contribution in [1.29, 1.82) is 0 Å². The lowest BCUT2D eigenvalue weighted by Crippen LogP contribution is -2.42. The average molecular weight is 215 g/mol. The molecule has 15 heavy (non-hydrogen) atoms. The Hall–Kier alpha value is -1.63. The first-order chi connectivity index (χ1) is 6.88. The highest BCUT2D eigenvalue weighted by Gasteiger charge is 2.44. The Kier molecular flexibility index (Phi) is 2.94. The second-order valence-electron chi connectivity index (χ2n) is 3.68. The Bertz CT molecular complexity index is 313. The summed E-state index contributed by atoms with van der Waals surface area (Å²) in [5, 5.41) is 2.46. The molecule has 0 aliphatic carbocycles. The summed E-state index contributed by atoms with van der Waals surface area (Å²) in [5.74, 6) is -0.988. The molecule has 84 valence electrons. The highest BCUT2D eigenvalue weighted by molar-refractivity contribution is 6.08. The number of hydrogen-bond acceptors (Lipinski definition) is 4. The summed E-state index contributed by atoms with van der Waals surface area (Å²) in [6, 6.07) is -0.573. The van der Waals surface area contributed by atoms with Crippen molar-refractivity contribution in [2.75, 3.05) is 13.7 Å². The van der Waals surface area contributed by atoms with Gasteiger partial charge in [-0.15, -0.1) is 0 Å². The average Bonchev–Trinajstić information content (AvgIpc) is 2.28. The molecule has 1 aliphatic rings. The minimum Gasteiger partial charge on any atom is -0.324 e. The Morgan fingerprint density at radius 1 is 1.53 bits per heavy atom. The number of carbonyl (C=O) groups is 3. The van der Waals surface area contributed by atoms with E-state index in [4.69, 9.17) is 0 Å².